The molecule has 0 aromatic heterocycles. The Morgan fingerprint density at radius 1 is 0.223 bits per heavy atom. The van der Waals surface area contributed by atoms with E-state index in [2.05, 4.69) is 357 Å². The molecule has 4 aliphatic rings. The highest BCUT2D eigenvalue weighted by molar-refractivity contribution is 9.10. The van der Waals surface area contributed by atoms with Crippen LogP contribution in [0.15, 0.2) is 324 Å². The Morgan fingerprint density at radius 2 is 0.543 bits per heavy atom. The molecule has 0 bridgehead atoms. The number of rotatable bonds is 8. The zero-order valence-corrected chi connectivity index (χ0v) is 54.0. The Bertz CT molecular complexity index is 5350. The molecule has 6 heteroatoms. The van der Waals surface area contributed by atoms with Crippen LogP contribution in [0, 0.1) is 0 Å². The standard InChI is InChI=1S/C88H52B2Br2N2/c91-57-45-71-67-49-65(81-61(53-25-7-1-8-26-53)37-23-38-62(81)54-27-9-2-10-28-54)69-51-75-84-68(72-46-58(92)48-80-88(72)89(75)73-41-19-21-43-77(73)94(80)60-35-17-6-18-36-60)50-66(82-63(55-29-11-3-12-30-55)39-24-40-64(82)56-31-13-4-14-32-56)70-52-76(83(67)85(69)86(70)84)90-74-42-20-22-44-78(74)93(79(47-57)87(71)90)59-33-15-5-16-34-59/h1-52H. The Balaban J connectivity index is 1.05. The van der Waals surface area contributed by atoms with Gasteiger partial charge in [0, 0.05) is 43.1 Å². The van der Waals surface area contributed by atoms with Crippen LogP contribution in [-0.2, 0) is 0 Å². The molecule has 94 heavy (non-hydrogen) atoms. The highest BCUT2D eigenvalue weighted by Crippen LogP contribution is 2.56. The van der Waals surface area contributed by atoms with Gasteiger partial charge in [-0.15, -0.1) is 0 Å². The molecular formula is C88H52B2Br2N2. The molecule has 16 aromatic rings. The van der Waals surface area contributed by atoms with Crippen LogP contribution in [0.25, 0.3) is 121 Å². The van der Waals surface area contributed by atoms with Gasteiger partial charge >= 0.3 is 0 Å². The molecule has 0 fully saturated rings. The van der Waals surface area contributed by atoms with E-state index in [1.165, 1.54) is 177 Å². The summed E-state index contributed by atoms with van der Waals surface area (Å²) in [6, 6.07) is 119. The van der Waals surface area contributed by atoms with Gasteiger partial charge in [-0.2, -0.15) is 0 Å². The van der Waals surface area contributed by atoms with Gasteiger partial charge in [-0.3, -0.25) is 0 Å². The fraction of sp³-hybridized carbons (Fsp3) is 0. The van der Waals surface area contributed by atoms with E-state index in [1.54, 1.807) is 0 Å². The lowest BCUT2D eigenvalue weighted by Crippen LogP contribution is -2.60. The van der Waals surface area contributed by atoms with Gasteiger partial charge in [-0.25, -0.2) is 0 Å². The zero-order chi connectivity index (χ0) is 61.9. The van der Waals surface area contributed by atoms with Gasteiger partial charge in [0.25, 0.3) is 0 Å². The lowest BCUT2D eigenvalue weighted by Gasteiger charge is -2.42. The summed E-state index contributed by atoms with van der Waals surface area (Å²) in [6.45, 7) is -0.246. The van der Waals surface area contributed by atoms with E-state index in [9.17, 15) is 0 Å². The first-order valence-corrected chi connectivity index (χ1v) is 34.0. The maximum Gasteiger partial charge on any atom is 0.248 e. The second kappa shape index (κ2) is 20.9. The van der Waals surface area contributed by atoms with Crippen LogP contribution in [-0.4, -0.2) is 13.4 Å². The van der Waals surface area contributed by atoms with Crippen molar-refractivity contribution in [2.45, 2.75) is 0 Å². The van der Waals surface area contributed by atoms with Crippen LogP contribution in [0.4, 0.5) is 34.1 Å². The Hall–Kier alpha value is -10.8. The fourth-order valence-electron chi connectivity index (χ4n) is 17.1. The largest absolute Gasteiger partial charge is 0.311 e. The number of anilines is 6. The summed E-state index contributed by atoms with van der Waals surface area (Å²) >= 11 is 8.47. The van der Waals surface area contributed by atoms with Crippen LogP contribution in [0.1, 0.15) is 0 Å². The normalized spacial score (nSPS) is 12.9. The van der Waals surface area contributed by atoms with Gasteiger partial charge in [0.15, 0.2) is 0 Å². The van der Waals surface area contributed by atoms with Crippen molar-refractivity contribution in [2.75, 3.05) is 9.80 Å². The van der Waals surface area contributed by atoms with Gasteiger partial charge < -0.3 is 9.80 Å². The Labute approximate surface area is 563 Å². The molecule has 2 nitrogen and oxygen atoms in total. The highest BCUT2D eigenvalue weighted by atomic mass is 79.9. The smallest absolute Gasteiger partial charge is 0.248 e. The summed E-state index contributed by atoms with van der Waals surface area (Å²) in [4.78, 5) is 5.03. The van der Waals surface area contributed by atoms with E-state index in [0.717, 1.165) is 20.3 Å². The van der Waals surface area contributed by atoms with Crippen LogP contribution < -0.4 is 42.6 Å². The first-order chi connectivity index (χ1) is 46.5. The second-order valence-electron chi connectivity index (χ2n) is 25.5. The number of nitrogens with zero attached hydrogens (tertiary/aromatic N) is 2. The number of benzene rings is 16. The number of fused-ring (bicyclic) bond motifs is 8. The summed E-state index contributed by atoms with van der Waals surface area (Å²) in [5, 5.41) is 7.70. The van der Waals surface area contributed by atoms with E-state index in [-0.39, 0.29) is 13.4 Å². The molecule has 0 spiro atoms. The van der Waals surface area contributed by atoms with E-state index < -0.39 is 0 Å². The summed E-state index contributed by atoms with van der Waals surface area (Å²) in [7, 11) is 0. The quantitative estimate of drug-likeness (QED) is 0.111. The molecule has 0 radical (unpaired) electrons. The van der Waals surface area contributed by atoms with E-state index >= 15 is 0 Å². The van der Waals surface area contributed by atoms with Gasteiger partial charge in [0.2, 0.25) is 13.4 Å². The van der Waals surface area contributed by atoms with Gasteiger partial charge in [0.05, 0.1) is 0 Å². The monoisotopic (exact) mass is 1320 g/mol. The van der Waals surface area contributed by atoms with Crippen LogP contribution in [0.3, 0.4) is 0 Å². The summed E-state index contributed by atoms with van der Waals surface area (Å²) in [5.41, 5.74) is 34.1. The van der Waals surface area contributed by atoms with Crippen molar-refractivity contribution in [1.82, 2.24) is 0 Å². The predicted octanol–water partition coefficient (Wildman–Crippen LogP) is 20.7. The molecule has 4 aliphatic heterocycles. The highest BCUT2D eigenvalue weighted by Gasteiger charge is 2.46. The van der Waals surface area contributed by atoms with Crippen molar-refractivity contribution >= 4 is 145 Å². The van der Waals surface area contributed by atoms with Crippen LogP contribution in [0.5, 0.6) is 0 Å². The maximum atomic E-state index is 4.24. The molecule has 0 atom stereocenters. The van der Waals surface area contributed by atoms with Crippen molar-refractivity contribution < 1.29 is 0 Å². The summed E-state index contributed by atoms with van der Waals surface area (Å²) < 4.78 is 2.08. The van der Waals surface area contributed by atoms with Crippen molar-refractivity contribution in [3.63, 3.8) is 0 Å². The average Bonchev–Trinajstić information content (AvgIpc) is 0.661. The van der Waals surface area contributed by atoms with Crippen LogP contribution >= 0.6 is 31.9 Å². The van der Waals surface area contributed by atoms with Crippen LogP contribution in [0.2, 0.25) is 0 Å². The Kier molecular flexibility index (Phi) is 12.0. The second-order valence-corrected chi connectivity index (χ2v) is 27.3. The summed E-state index contributed by atoms with van der Waals surface area (Å²) in [6.07, 6.45) is 0. The predicted molar refractivity (Wildman–Crippen MR) is 408 cm³/mol. The molecule has 434 valence electrons. The maximum absolute atomic E-state index is 4.24. The molecule has 16 aromatic carbocycles. The number of hydrogen-bond donors (Lipinski definition) is 0. The number of halogens is 2. The summed E-state index contributed by atoms with van der Waals surface area (Å²) in [5.74, 6) is 0. The minimum Gasteiger partial charge on any atom is -0.311 e. The third-order valence-electron chi connectivity index (χ3n) is 20.7. The van der Waals surface area contributed by atoms with Gasteiger partial charge in [-0.05, 0) is 216 Å². The molecule has 0 amide bonds. The molecular weight excluding hydrogens is 1270 g/mol. The van der Waals surface area contributed by atoms with Gasteiger partial charge in [0.1, 0.15) is 0 Å². The zero-order valence-electron chi connectivity index (χ0n) is 50.8. The number of para-hydroxylation sites is 4. The molecule has 4 heterocycles. The van der Waals surface area contributed by atoms with E-state index in [0.29, 0.717) is 0 Å². The third kappa shape index (κ3) is 7.79. The lowest BCUT2D eigenvalue weighted by molar-refractivity contribution is 1.29. The average molecular weight is 1320 g/mol. The first-order valence-electron chi connectivity index (χ1n) is 32.4. The molecule has 0 saturated heterocycles. The number of hydrogen-bond acceptors (Lipinski definition) is 2. The molecule has 0 N–H and O–H groups in total. The minimum atomic E-state index is -0.123. The molecule has 0 saturated carbocycles. The SMILES string of the molecule is Brc1cc2c3c(c1)N(c1ccccc1)c1ccccc1B3c1cc3c(-c4c(-c5ccccc5)cccc4-c4ccccc4)cc4c5c(cc6c(-c7c(-c8ccccc8)cccc7-c7ccccc7)cc-2c1c6c35)B1c2ccccc2N(c2ccccc2)c2cc(Br)cc-4c21. The van der Waals surface area contributed by atoms with E-state index in [4.69, 9.17) is 0 Å². The van der Waals surface area contributed by atoms with Gasteiger partial charge in [-0.1, -0.05) is 285 Å². The molecule has 20 rings (SSSR count). The third-order valence-corrected chi connectivity index (χ3v) is 21.6. The molecule has 0 aliphatic carbocycles. The van der Waals surface area contributed by atoms with Crippen molar-refractivity contribution in [3.05, 3.63) is 324 Å². The lowest BCUT2D eigenvalue weighted by atomic mass is 9.31. The topological polar surface area (TPSA) is 6.48 Å². The van der Waals surface area contributed by atoms with Crippen molar-refractivity contribution in [2.24, 2.45) is 0 Å². The fourth-order valence-corrected chi connectivity index (χ4v) is 18.0. The van der Waals surface area contributed by atoms with E-state index in [1.807, 2.05) is 0 Å². The first kappa shape index (κ1) is 53.9. The van der Waals surface area contributed by atoms with Crippen molar-refractivity contribution in [3.8, 4) is 89.0 Å². The van der Waals surface area contributed by atoms with Crippen molar-refractivity contribution in [1.29, 1.82) is 0 Å². The molecule has 0 unspecified atom stereocenters. The minimum absolute atomic E-state index is 0.123. The Morgan fingerprint density at radius 3 is 0.894 bits per heavy atom.